The molecule has 0 aliphatic rings. The molecule has 0 bridgehead atoms. The van der Waals surface area contributed by atoms with Gasteiger partial charge < -0.3 is 4.74 Å². The average Bonchev–Trinajstić information content (AvgIpc) is 2.32. The summed E-state index contributed by atoms with van der Waals surface area (Å²) in [4.78, 5) is 0. The van der Waals surface area contributed by atoms with E-state index >= 15 is 0 Å². The Morgan fingerprint density at radius 3 is 2.72 bits per heavy atom. The van der Waals surface area contributed by atoms with Crippen molar-refractivity contribution in [3.63, 3.8) is 0 Å². The summed E-state index contributed by atoms with van der Waals surface area (Å²) in [5.41, 5.74) is 0.365. The van der Waals surface area contributed by atoms with Gasteiger partial charge in [-0.05, 0) is 34.5 Å². The fourth-order valence-corrected chi connectivity index (χ4v) is 2.92. The number of halogens is 1. The van der Waals surface area contributed by atoms with Crippen LogP contribution in [0.15, 0.2) is 22.7 Å². The van der Waals surface area contributed by atoms with Crippen molar-refractivity contribution in [2.75, 3.05) is 11.8 Å². The van der Waals surface area contributed by atoms with Gasteiger partial charge in [0.15, 0.2) is 5.25 Å². The van der Waals surface area contributed by atoms with Crippen LogP contribution in [-0.4, -0.2) is 20.8 Å². The normalized spacial score (nSPS) is 12.6. The van der Waals surface area contributed by atoms with E-state index in [1.54, 1.807) is 31.2 Å². The average molecular weight is 333 g/mol. The van der Waals surface area contributed by atoms with Crippen molar-refractivity contribution in [2.45, 2.75) is 18.6 Å². The van der Waals surface area contributed by atoms with Crippen molar-refractivity contribution in [3.05, 3.63) is 22.7 Å². The molecule has 0 saturated carbocycles. The third-order valence-electron chi connectivity index (χ3n) is 2.30. The summed E-state index contributed by atoms with van der Waals surface area (Å²) in [6.07, 6.45) is 0.236. The van der Waals surface area contributed by atoms with Crippen molar-refractivity contribution in [1.82, 2.24) is 0 Å². The Labute approximate surface area is 115 Å². The lowest BCUT2D eigenvalue weighted by Gasteiger charge is -2.12. The standard InChI is InChI=1S/C11H13BrN2O3S/c1-3-9(7-13)18(15,16)14-8-4-5-10(12)11(6-8)17-2/h4-6,9,14H,3H2,1-2H3. The molecule has 0 heterocycles. The van der Waals surface area contributed by atoms with Gasteiger partial charge in [0, 0.05) is 6.07 Å². The van der Waals surface area contributed by atoms with E-state index in [4.69, 9.17) is 10.00 Å². The molecule has 0 aliphatic heterocycles. The molecule has 0 aliphatic carbocycles. The lowest BCUT2D eigenvalue weighted by atomic mass is 10.3. The van der Waals surface area contributed by atoms with Crippen LogP contribution >= 0.6 is 15.9 Å². The molecule has 1 rings (SSSR count). The topological polar surface area (TPSA) is 79.2 Å². The Morgan fingerprint density at radius 1 is 1.56 bits per heavy atom. The smallest absolute Gasteiger partial charge is 0.249 e. The van der Waals surface area contributed by atoms with Crippen molar-refractivity contribution in [1.29, 1.82) is 5.26 Å². The zero-order valence-electron chi connectivity index (χ0n) is 9.97. The van der Waals surface area contributed by atoms with Gasteiger partial charge in [0.05, 0.1) is 23.3 Å². The van der Waals surface area contributed by atoms with Gasteiger partial charge in [-0.2, -0.15) is 5.26 Å². The Kier molecular flexibility index (Phi) is 4.99. The molecular weight excluding hydrogens is 320 g/mol. The zero-order valence-corrected chi connectivity index (χ0v) is 12.4. The van der Waals surface area contributed by atoms with Crippen LogP contribution in [0, 0.1) is 11.3 Å². The summed E-state index contributed by atoms with van der Waals surface area (Å²) in [6, 6.07) is 6.57. The number of sulfonamides is 1. The van der Waals surface area contributed by atoms with Crippen LogP contribution in [0.25, 0.3) is 0 Å². The highest BCUT2D eigenvalue weighted by atomic mass is 79.9. The number of nitriles is 1. The molecule has 18 heavy (non-hydrogen) atoms. The quantitative estimate of drug-likeness (QED) is 0.898. The Hall–Kier alpha value is -1.26. The maximum atomic E-state index is 11.9. The second kappa shape index (κ2) is 6.07. The van der Waals surface area contributed by atoms with E-state index in [-0.39, 0.29) is 6.42 Å². The van der Waals surface area contributed by atoms with Gasteiger partial charge in [0.1, 0.15) is 5.75 Å². The van der Waals surface area contributed by atoms with Crippen LogP contribution in [0.2, 0.25) is 0 Å². The highest BCUT2D eigenvalue weighted by Gasteiger charge is 2.23. The number of rotatable bonds is 5. The summed E-state index contributed by atoms with van der Waals surface area (Å²) in [7, 11) is -2.21. The SMILES string of the molecule is CCC(C#N)S(=O)(=O)Nc1ccc(Br)c(OC)c1. The molecule has 1 aromatic carbocycles. The molecule has 98 valence electrons. The van der Waals surface area contributed by atoms with E-state index in [0.29, 0.717) is 11.4 Å². The number of benzene rings is 1. The van der Waals surface area contributed by atoms with Crippen LogP contribution in [0.3, 0.4) is 0 Å². The van der Waals surface area contributed by atoms with Crippen molar-refractivity contribution >= 4 is 31.6 Å². The van der Waals surface area contributed by atoms with Crippen LogP contribution in [0.5, 0.6) is 5.75 Å². The second-order valence-electron chi connectivity index (χ2n) is 3.52. The predicted octanol–water partition coefficient (Wildman–Crippen LogP) is 2.50. The number of hydrogen-bond donors (Lipinski definition) is 1. The first kappa shape index (κ1) is 14.8. The largest absolute Gasteiger partial charge is 0.495 e. The van der Waals surface area contributed by atoms with E-state index in [1.165, 1.54) is 7.11 Å². The van der Waals surface area contributed by atoms with Gasteiger partial charge >= 0.3 is 0 Å². The van der Waals surface area contributed by atoms with E-state index < -0.39 is 15.3 Å². The summed E-state index contributed by atoms with van der Waals surface area (Å²) in [5, 5.41) is 7.72. The highest BCUT2D eigenvalue weighted by Crippen LogP contribution is 2.28. The first-order valence-corrected chi connectivity index (χ1v) is 7.53. The maximum Gasteiger partial charge on any atom is 0.249 e. The third-order valence-corrected chi connectivity index (χ3v) is 4.66. The Balaban J connectivity index is 3.02. The van der Waals surface area contributed by atoms with Crippen LogP contribution in [0.1, 0.15) is 13.3 Å². The highest BCUT2D eigenvalue weighted by molar-refractivity contribution is 9.10. The van der Waals surface area contributed by atoms with Gasteiger partial charge in [-0.15, -0.1) is 0 Å². The summed E-state index contributed by atoms with van der Waals surface area (Å²) in [5.74, 6) is 0.514. The van der Waals surface area contributed by atoms with E-state index in [0.717, 1.165) is 4.47 Å². The number of ether oxygens (including phenoxy) is 1. The van der Waals surface area contributed by atoms with E-state index in [1.807, 2.05) is 0 Å². The minimum atomic E-state index is -3.70. The molecule has 7 heteroatoms. The van der Waals surface area contributed by atoms with Crippen molar-refractivity contribution in [3.8, 4) is 11.8 Å². The molecule has 1 N–H and O–H groups in total. The number of nitrogens with zero attached hydrogens (tertiary/aromatic N) is 1. The summed E-state index contributed by atoms with van der Waals surface area (Å²) >= 11 is 3.27. The van der Waals surface area contributed by atoms with Gasteiger partial charge in [0.2, 0.25) is 10.0 Å². The second-order valence-corrected chi connectivity index (χ2v) is 6.24. The van der Waals surface area contributed by atoms with Gasteiger partial charge in [-0.3, -0.25) is 4.72 Å². The Bertz CT molecular complexity index is 566. The van der Waals surface area contributed by atoms with E-state index in [2.05, 4.69) is 20.7 Å². The van der Waals surface area contributed by atoms with Gasteiger partial charge in [0.25, 0.3) is 0 Å². The molecule has 0 saturated heterocycles. The number of anilines is 1. The molecule has 5 nitrogen and oxygen atoms in total. The van der Waals surface area contributed by atoms with Crippen LogP contribution in [0.4, 0.5) is 5.69 Å². The molecule has 1 unspecified atom stereocenters. The number of hydrogen-bond acceptors (Lipinski definition) is 4. The lowest BCUT2D eigenvalue weighted by Crippen LogP contribution is -2.25. The summed E-state index contributed by atoms with van der Waals surface area (Å²) < 4.78 is 31.9. The lowest BCUT2D eigenvalue weighted by molar-refractivity contribution is 0.412. The molecule has 0 amide bonds. The molecule has 0 radical (unpaired) electrons. The van der Waals surface area contributed by atoms with Gasteiger partial charge in [-0.25, -0.2) is 8.42 Å². The van der Waals surface area contributed by atoms with Crippen LogP contribution < -0.4 is 9.46 Å². The predicted molar refractivity (Wildman–Crippen MR) is 72.9 cm³/mol. The monoisotopic (exact) mass is 332 g/mol. The maximum absolute atomic E-state index is 11.9. The minimum Gasteiger partial charge on any atom is -0.495 e. The molecule has 0 aromatic heterocycles. The third kappa shape index (κ3) is 3.37. The number of nitrogens with one attached hydrogen (secondary N) is 1. The Morgan fingerprint density at radius 2 is 2.22 bits per heavy atom. The molecule has 1 aromatic rings. The fourth-order valence-electron chi connectivity index (χ4n) is 1.34. The fraction of sp³-hybridized carbons (Fsp3) is 0.364. The van der Waals surface area contributed by atoms with Crippen molar-refractivity contribution < 1.29 is 13.2 Å². The zero-order chi connectivity index (χ0) is 13.8. The first-order valence-electron chi connectivity index (χ1n) is 5.19. The van der Waals surface area contributed by atoms with E-state index in [9.17, 15) is 8.42 Å². The van der Waals surface area contributed by atoms with Gasteiger partial charge in [-0.1, -0.05) is 6.92 Å². The summed E-state index contributed by atoms with van der Waals surface area (Å²) in [6.45, 7) is 1.65. The number of methoxy groups -OCH3 is 1. The minimum absolute atomic E-state index is 0.236. The van der Waals surface area contributed by atoms with Crippen molar-refractivity contribution in [2.24, 2.45) is 0 Å². The van der Waals surface area contributed by atoms with Crippen LogP contribution in [-0.2, 0) is 10.0 Å². The molecular formula is C11H13BrN2O3S. The molecule has 0 fully saturated rings. The molecule has 0 spiro atoms. The molecule has 1 atom stereocenters. The first-order chi connectivity index (χ1) is 8.44.